The summed E-state index contributed by atoms with van der Waals surface area (Å²) in [4.78, 5) is 34.4. The molecular weight excluding hydrogens is 438 g/mol. The van der Waals surface area contributed by atoms with Crippen LogP contribution in [0.4, 0.5) is 0 Å². The Morgan fingerprint density at radius 3 is 2.42 bits per heavy atom. The normalized spacial score (nSPS) is 17.9. The highest BCUT2D eigenvalue weighted by atomic mass is 32.1. The van der Waals surface area contributed by atoms with E-state index in [4.69, 9.17) is 17.0 Å². The Balaban J connectivity index is 1.82. The predicted octanol–water partition coefficient (Wildman–Crippen LogP) is 4.09. The van der Waals surface area contributed by atoms with Gasteiger partial charge in [-0.25, -0.2) is 0 Å². The van der Waals surface area contributed by atoms with Crippen molar-refractivity contribution in [2.24, 2.45) is 0 Å². The largest absolute Gasteiger partial charge is 0.507 e. The molecule has 5 rings (SSSR count). The fourth-order valence-electron chi connectivity index (χ4n) is 4.58. The smallest absolute Gasteiger partial charge is 0.259 e. The number of piperidine rings is 1. The number of fused-ring (bicyclic) bond motifs is 1. The molecule has 1 aromatic heterocycles. The first-order valence-corrected chi connectivity index (χ1v) is 11.4. The van der Waals surface area contributed by atoms with Gasteiger partial charge in [0.25, 0.3) is 11.5 Å². The highest BCUT2D eigenvalue weighted by Gasteiger charge is 2.40. The molecular formula is C25H23N3O4S. The Bertz CT molecular complexity index is 1350. The zero-order chi connectivity index (χ0) is 22.9. The van der Waals surface area contributed by atoms with E-state index in [1.54, 1.807) is 24.3 Å². The summed E-state index contributed by atoms with van der Waals surface area (Å²) in [6, 6.07) is 16.1. The molecule has 1 unspecified atom stereocenters. The summed E-state index contributed by atoms with van der Waals surface area (Å²) in [7, 11) is 0. The third kappa shape index (κ3) is 3.87. The lowest BCUT2D eigenvalue weighted by Crippen LogP contribution is -2.40. The van der Waals surface area contributed by atoms with Crippen molar-refractivity contribution < 1.29 is 14.6 Å². The zero-order valence-electron chi connectivity index (χ0n) is 17.8. The van der Waals surface area contributed by atoms with Crippen LogP contribution >= 0.6 is 12.2 Å². The summed E-state index contributed by atoms with van der Waals surface area (Å²) in [6.45, 7) is 1.27. The fraction of sp³-hybridized carbons (Fsp3) is 0.240. The highest BCUT2D eigenvalue weighted by molar-refractivity contribution is 7.71. The topological polar surface area (TPSA) is 98.4 Å². The molecule has 2 aromatic carbocycles. The molecule has 7 nitrogen and oxygen atoms in total. The van der Waals surface area contributed by atoms with Crippen LogP contribution in [0.3, 0.4) is 0 Å². The van der Waals surface area contributed by atoms with E-state index < -0.39 is 11.5 Å². The maximum atomic E-state index is 14.0. The number of rotatable bonds is 3. The molecule has 0 radical (unpaired) electrons. The number of hydrogen-bond acceptors (Lipinski definition) is 5. The van der Waals surface area contributed by atoms with Crippen molar-refractivity contribution in [1.29, 1.82) is 0 Å². The van der Waals surface area contributed by atoms with Gasteiger partial charge in [0, 0.05) is 13.1 Å². The number of phenolic OH excluding ortho intramolecular Hbond substituents is 1. The monoisotopic (exact) mass is 461 g/mol. The lowest BCUT2D eigenvalue weighted by Gasteiger charge is -2.34. The number of phenols is 1. The number of likely N-dealkylation sites (tertiary alicyclic amines) is 1. The van der Waals surface area contributed by atoms with Crippen molar-refractivity contribution in [3.8, 4) is 11.6 Å². The molecule has 1 saturated heterocycles. The number of H-pyrrole nitrogens is 2. The Hall–Kier alpha value is -3.65. The number of carbonyl (C=O) groups is 1. The summed E-state index contributed by atoms with van der Waals surface area (Å²) in [5.41, 5.74) is 1.35. The molecule has 3 aromatic rings. The lowest BCUT2D eigenvalue weighted by molar-refractivity contribution is -0.128. The number of benzene rings is 2. The van der Waals surface area contributed by atoms with Gasteiger partial charge in [-0.3, -0.25) is 14.6 Å². The van der Waals surface area contributed by atoms with Gasteiger partial charge in [-0.1, -0.05) is 42.5 Å². The minimum absolute atomic E-state index is 0.0184. The van der Waals surface area contributed by atoms with Crippen molar-refractivity contribution in [2.45, 2.75) is 25.2 Å². The summed E-state index contributed by atoms with van der Waals surface area (Å²) in [5, 5.41) is 10.6. The highest BCUT2D eigenvalue weighted by Crippen LogP contribution is 2.45. The van der Waals surface area contributed by atoms with E-state index in [9.17, 15) is 14.7 Å². The minimum Gasteiger partial charge on any atom is -0.507 e. The molecule has 1 fully saturated rings. The molecule has 0 saturated carbocycles. The first kappa shape index (κ1) is 21.2. The number of para-hydroxylation sites is 1. The van der Waals surface area contributed by atoms with Gasteiger partial charge in [-0.05, 0) is 49.2 Å². The number of ether oxygens (including phenoxy) is 1. The fourth-order valence-corrected chi connectivity index (χ4v) is 4.77. The first-order valence-electron chi connectivity index (χ1n) is 11.0. The number of hydrogen-bond donors (Lipinski definition) is 3. The molecule has 2 aliphatic heterocycles. The van der Waals surface area contributed by atoms with Crippen LogP contribution in [-0.4, -0.2) is 39.0 Å². The van der Waals surface area contributed by atoms with Gasteiger partial charge in [0.15, 0.2) is 4.77 Å². The van der Waals surface area contributed by atoms with Crippen molar-refractivity contribution in [3.05, 3.63) is 92.0 Å². The molecule has 168 valence electrons. The van der Waals surface area contributed by atoms with Gasteiger partial charge < -0.3 is 19.7 Å². The quantitative estimate of drug-likeness (QED) is 0.511. The van der Waals surface area contributed by atoms with Crippen LogP contribution in [0.25, 0.3) is 5.76 Å². The van der Waals surface area contributed by atoms with Gasteiger partial charge in [-0.15, -0.1) is 0 Å². The third-order valence-electron chi connectivity index (χ3n) is 6.12. The second kappa shape index (κ2) is 8.71. The zero-order valence-corrected chi connectivity index (χ0v) is 18.7. The number of carbonyl (C=O) groups excluding carboxylic acids is 1. The second-order valence-electron chi connectivity index (χ2n) is 8.21. The number of nitrogens with one attached hydrogen (secondary N) is 2. The summed E-state index contributed by atoms with van der Waals surface area (Å²) >= 11 is 5.17. The van der Waals surface area contributed by atoms with Crippen molar-refractivity contribution in [3.63, 3.8) is 0 Å². The molecule has 3 N–H and O–H groups in total. The van der Waals surface area contributed by atoms with Gasteiger partial charge >= 0.3 is 0 Å². The van der Waals surface area contributed by atoms with Crippen LogP contribution in [-0.2, 0) is 4.79 Å². The van der Waals surface area contributed by atoms with Crippen molar-refractivity contribution in [1.82, 2.24) is 14.9 Å². The van der Waals surface area contributed by atoms with Crippen LogP contribution in [0.2, 0.25) is 0 Å². The van der Waals surface area contributed by atoms with E-state index in [0.29, 0.717) is 24.2 Å². The van der Waals surface area contributed by atoms with E-state index in [2.05, 4.69) is 9.97 Å². The summed E-state index contributed by atoms with van der Waals surface area (Å²) in [5.74, 6) is -0.522. The van der Waals surface area contributed by atoms with Gasteiger partial charge in [0.2, 0.25) is 5.88 Å². The molecule has 1 amide bonds. The van der Waals surface area contributed by atoms with E-state index >= 15 is 0 Å². The van der Waals surface area contributed by atoms with E-state index in [0.717, 1.165) is 24.8 Å². The number of aromatic nitrogens is 2. The van der Waals surface area contributed by atoms with Crippen LogP contribution in [0.1, 0.15) is 41.9 Å². The molecule has 2 aliphatic rings. The van der Waals surface area contributed by atoms with Gasteiger partial charge in [-0.2, -0.15) is 0 Å². The SMILES string of the molecule is O=C(C1=C(c2ccccc2O)Oc2[nH]c(=S)[nH]c(=O)c2C1c1ccccc1)N1CCCCC1. The minimum atomic E-state index is -0.699. The van der Waals surface area contributed by atoms with E-state index in [-0.39, 0.29) is 33.6 Å². The maximum absolute atomic E-state index is 14.0. The Morgan fingerprint density at radius 1 is 1.00 bits per heavy atom. The number of aromatic amines is 2. The Morgan fingerprint density at radius 2 is 1.70 bits per heavy atom. The van der Waals surface area contributed by atoms with Crippen LogP contribution in [0.15, 0.2) is 65.0 Å². The van der Waals surface area contributed by atoms with E-state index in [1.165, 1.54) is 0 Å². The van der Waals surface area contributed by atoms with Crippen LogP contribution in [0.5, 0.6) is 11.6 Å². The maximum Gasteiger partial charge on any atom is 0.259 e. The van der Waals surface area contributed by atoms with Crippen LogP contribution in [0, 0.1) is 4.77 Å². The molecule has 1 atom stereocenters. The Kier molecular flexibility index (Phi) is 5.60. The predicted molar refractivity (Wildman–Crippen MR) is 127 cm³/mol. The Labute approximate surface area is 195 Å². The molecule has 0 aliphatic carbocycles. The molecule has 33 heavy (non-hydrogen) atoms. The standard InChI is InChI=1S/C25H23N3O4S/c29-17-12-6-5-11-16(17)21-19(24(31)28-13-7-2-8-14-28)18(15-9-3-1-4-10-15)20-22(30)26-25(33)27-23(20)32-21/h1,3-6,9-12,18,29H,2,7-8,13-14H2,(H2,26,27,30,33). The molecule has 0 spiro atoms. The average molecular weight is 462 g/mol. The average Bonchev–Trinajstić information content (AvgIpc) is 2.84. The summed E-state index contributed by atoms with van der Waals surface area (Å²) < 4.78 is 6.29. The van der Waals surface area contributed by atoms with Crippen molar-refractivity contribution >= 4 is 23.9 Å². The second-order valence-corrected chi connectivity index (χ2v) is 8.62. The van der Waals surface area contributed by atoms with Crippen molar-refractivity contribution in [2.75, 3.05) is 13.1 Å². The van der Waals surface area contributed by atoms with Gasteiger partial charge in [0.1, 0.15) is 11.5 Å². The number of aromatic hydroxyl groups is 1. The molecule has 3 heterocycles. The number of nitrogens with zero attached hydrogens (tertiary/aromatic N) is 1. The van der Waals surface area contributed by atoms with Gasteiger partial charge in [0.05, 0.1) is 22.6 Å². The lowest BCUT2D eigenvalue weighted by atomic mass is 9.81. The van der Waals surface area contributed by atoms with E-state index in [1.807, 2.05) is 35.2 Å². The van der Waals surface area contributed by atoms with Crippen LogP contribution < -0.4 is 10.3 Å². The molecule has 8 heteroatoms. The number of amides is 1. The summed E-state index contributed by atoms with van der Waals surface area (Å²) in [6.07, 6.45) is 2.92. The molecule has 0 bridgehead atoms. The third-order valence-corrected chi connectivity index (χ3v) is 6.33. The first-order chi connectivity index (χ1) is 16.0.